The summed E-state index contributed by atoms with van der Waals surface area (Å²) < 4.78 is 19.1. The molecule has 0 saturated heterocycles. The molecule has 0 aliphatic carbocycles. The molecular formula is C15H14FN3O2S. The smallest absolute Gasteiger partial charge is 0.293 e. The average Bonchev–Trinajstić information content (AvgIpc) is 3.05. The molecule has 0 fully saturated rings. The zero-order valence-corrected chi connectivity index (χ0v) is 13.1. The fourth-order valence-electron chi connectivity index (χ4n) is 2.10. The Morgan fingerprint density at radius 3 is 2.77 bits per heavy atom. The Hall–Kier alpha value is -2.28. The number of hydrogen-bond donors (Lipinski definition) is 1. The number of amides is 1. The number of anilines is 1. The number of carbonyl (C=O) groups is 1. The highest BCUT2D eigenvalue weighted by atomic mass is 32.1. The highest BCUT2D eigenvalue weighted by Crippen LogP contribution is 2.28. The van der Waals surface area contributed by atoms with Crippen molar-refractivity contribution in [2.45, 2.75) is 26.7 Å². The summed E-state index contributed by atoms with van der Waals surface area (Å²) in [6, 6.07) is 4.60. The second-order valence-electron chi connectivity index (χ2n) is 5.23. The molecule has 0 bridgehead atoms. The van der Waals surface area contributed by atoms with Gasteiger partial charge >= 0.3 is 0 Å². The van der Waals surface area contributed by atoms with Crippen LogP contribution < -0.4 is 5.32 Å². The molecule has 1 aromatic carbocycles. The van der Waals surface area contributed by atoms with Gasteiger partial charge in [-0.3, -0.25) is 10.1 Å². The van der Waals surface area contributed by atoms with Gasteiger partial charge < -0.3 is 4.42 Å². The van der Waals surface area contributed by atoms with Crippen LogP contribution in [0.2, 0.25) is 0 Å². The summed E-state index contributed by atoms with van der Waals surface area (Å²) in [5, 5.41) is 12.4. The molecule has 2 aromatic heterocycles. The molecule has 3 rings (SSSR count). The number of rotatable bonds is 3. The largest absolute Gasteiger partial charge is 0.448 e. The summed E-state index contributed by atoms with van der Waals surface area (Å²) in [4.78, 5) is 12.3. The number of fused-ring (bicyclic) bond motifs is 1. The quantitative estimate of drug-likeness (QED) is 0.789. The van der Waals surface area contributed by atoms with Gasteiger partial charge in [-0.2, -0.15) is 0 Å². The monoisotopic (exact) mass is 319 g/mol. The third kappa shape index (κ3) is 2.48. The summed E-state index contributed by atoms with van der Waals surface area (Å²) in [5.41, 5.74) is 0.686. The van der Waals surface area contributed by atoms with Gasteiger partial charge in [0.1, 0.15) is 5.01 Å². The van der Waals surface area contributed by atoms with Crippen molar-refractivity contribution < 1.29 is 13.6 Å². The van der Waals surface area contributed by atoms with Crippen molar-refractivity contribution in [3.63, 3.8) is 0 Å². The Morgan fingerprint density at radius 1 is 1.36 bits per heavy atom. The number of furan rings is 1. The summed E-state index contributed by atoms with van der Waals surface area (Å²) in [5.74, 6) is -0.621. The van der Waals surface area contributed by atoms with Crippen molar-refractivity contribution in [2.75, 3.05) is 5.32 Å². The molecular weight excluding hydrogens is 305 g/mol. The number of aromatic nitrogens is 2. The van der Waals surface area contributed by atoms with Gasteiger partial charge in [0, 0.05) is 16.9 Å². The van der Waals surface area contributed by atoms with Gasteiger partial charge in [0.25, 0.3) is 5.91 Å². The number of hydrogen-bond acceptors (Lipinski definition) is 5. The first-order valence-electron chi connectivity index (χ1n) is 6.79. The number of benzene rings is 1. The molecule has 114 valence electrons. The number of carbonyl (C=O) groups excluding carboxylic acids is 1. The van der Waals surface area contributed by atoms with Gasteiger partial charge in [0.2, 0.25) is 5.13 Å². The minimum absolute atomic E-state index is 0.0846. The predicted octanol–water partition coefficient (Wildman–Crippen LogP) is 4.11. The van der Waals surface area contributed by atoms with Crippen LogP contribution in [0.5, 0.6) is 0 Å². The molecule has 1 N–H and O–H groups in total. The zero-order chi connectivity index (χ0) is 15.9. The van der Waals surface area contributed by atoms with E-state index in [4.69, 9.17) is 4.42 Å². The molecule has 0 radical (unpaired) electrons. The number of nitrogens with one attached hydrogen (secondary N) is 1. The van der Waals surface area contributed by atoms with E-state index in [1.807, 2.05) is 13.8 Å². The van der Waals surface area contributed by atoms with E-state index in [-0.39, 0.29) is 17.3 Å². The van der Waals surface area contributed by atoms with Crippen molar-refractivity contribution in [3.8, 4) is 0 Å². The maximum Gasteiger partial charge on any atom is 0.293 e. The van der Waals surface area contributed by atoms with Gasteiger partial charge in [-0.1, -0.05) is 37.3 Å². The normalized spacial score (nSPS) is 11.3. The Balaban J connectivity index is 1.91. The Morgan fingerprint density at radius 2 is 2.14 bits per heavy atom. The molecule has 0 spiro atoms. The van der Waals surface area contributed by atoms with Crippen molar-refractivity contribution in [1.29, 1.82) is 0 Å². The van der Waals surface area contributed by atoms with Crippen LogP contribution in [-0.4, -0.2) is 16.1 Å². The van der Waals surface area contributed by atoms with Gasteiger partial charge in [-0.25, -0.2) is 4.39 Å². The lowest BCUT2D eigenvalue weighted by atomic mass is 10.1. The standard InChI is InChI=1S/C15H14FN3O2S/c1-7(2)14-18-19-15(22-14)17-13(20)11-8(3)9-5-4-6-10(16)12(9)21-11/h4-7H,1-3H3,(H,17,19,20). The molecule has 0 aliphatic rings. The van der Waals surface area contributed by atoms with Gasteiger partial charge in [0.15, 0.2) is 17.2 Å². The van der Waals surface area contributed by atoms with Crippen LogP contribution in [0.25, 0.3) is 11.0 Å². The lowest BCUT2D eigenvalue weighted by molar-refractivity contribution is 0.0997. The summed E-state index contributed by atoms with van der Waals surface area (Å²) in [6.45, 7) is 5.72. The van der Waals surface area contributed by atoms with E-state index in [0.717, 1.165) is 5.01 Å². The molecule has 0 saturated carbocycles. The SMILES string of the molecule is Cc1c(C(=O)Nc2nnc(C(C)C)s2)oc2c(F)cccc12. The van der Waals surface area contributed by atoms with Gasteiger partial charge in [-0.15, -0.1) is 10.2 Å². The van der Waals surface area contributed by atoms with E-state index in [1.165, 1.54) is 17.4 Å². The lowest BCUT2D eigenvalue weighted by Gasteiger charge is -1.98. The van der Waals surface area contributed by atoms with Crippen LogP contribution in [0.15, 0.2) is 22.6 Å². The molecule has 5 nitrogen and oxygen atoms in total. The van der Waals surface area contributed by atoms with Crippen LogP contribution >= 0.6 is 11.3 Å². The van der Waals surface area contributed by atoms with Crippen LogP contribution in [0.3, 0.4) is 0 Å². The number of para-hydroxylation sites is 1. The summed E-state index contributed by atoms with van der Waals surface area (Å²) in [6.07, 6.45) is 0. The van der Waals surface area contributed by atoms with E-state index in [1.54, 1.807) is 19.1 Å². The molecule has 0 unspecified atom stereocenters. The first kappa shape index (κ1) is 14.6. The minimum Gasteiger partial charge on any atom is -0.448 e. The summed E-state index contributed by atoms with van der Waals surface area (Å²) >= 11 is 1.31. The molecule has 7 heteroatoms. The van der Waals surface area contributed by atoms with E-state index < -0.39 is 11.7 Å². The van der Waals surface area contributed by atoms with Crippen LogP contribution in [0.1, 0.15) is 40.9 Å². The van der Waals surface area contributed by atoms with E-state index in [2.05, 4.69) is 15.5 Å². The predicted molar refractivity (Wildman–Crippen MR) is 82.9 cm³/mol. The molecule has 2 heterocycles. The highest BCUT2D eigenvalue weighted by Gasteiger charge is 2.21. The van der Waals surface area contributed by atoms with Crippen LogP contribution in [0.4, 0.5) is 9.52 Å². The highest BCUT2D eigenvalue weighted by molar-refractivity contribution is 7.15. The van der Waals surface area contributed by atoms with Crippen LogP contribution in [0, 0.1) is 12.7 Å². The van der Waals surface area contributed by atoms with E-state index in [9.17, 15) is 9.18 Å². The Kier molecular flexibility index (Phi) is 3.66. The second kappa shape index (κ2) is 5.49. The average molecular weight is 319 g/mol. The van der Waals surface area contributed by atoms with Crippen molar-refractivity contribution >= 4 is 33.3 Å². The lowest BCUT2D eigenvalue weighted by Crippen LogP contribution is -2.11. The number of nitrogens with zero attached hydrogens (tertiary/aromatic N) is 2. The Bertz CT molecular complexity index is 854. The van der Waals surface area contributed by atoms with E-state index >= 15 is 0 Å². The van der Waals surface area contributed by atoms with Crippen molar-refractivity contribution in [1.82, 2.24) is 10.2 Å². The number of aryl methyl sites for hydroxylation is 1. The fourth-order valence-corrected chi connectivity index (χ4v) is 2.84. The minimum atomic E-state index is -0.488. The molecule has 3 aromatic rings. The zero-order valence-electron chi connectivity index (χ0n) is 12.3. The van der Waals surface area contributed by atoms with Crippen molar-refractivity contribution in [2.24, 2.45) is 0 Å². The molecule has 0 aliphatic heterocycles. The number of halogens is 1. The summed E-state index contributed by atoms with van der Waals surface area (Å²) in [7, 11) is 0. The first-order chi connectivity index (χ1) is 10.5. The molecule has 22 heavy (non-hydrogen) atoms. The van der Waals surface area contributed by atoms with Gasteiger partial charge in [-0.05, 0) is 13.0 Å². The van der Waals surface area contributed by atoms with Crippen molar-refractivity contribution in [3.05, 3.63) is 40.3 Å². The Labute approximate surface area is 130 Å². The third-order valence-electron chi connectivity index (χ3n) is 3.28. The fraction of sp³-hybridized carbons (Fsp3) is 0.267. The third-order valence-corrected chi connectivity index (χ3v) is 4.42. The van der Waals surface area contributed by atoms with Crippen LogP contribution in [-0.2, 0) is 0 Å². The first-order valence-corrected chi connectivity index (χ1v) is 7.61. The maximum atomic E-state index is 13.7. The maximum absolute atomic E-state index is 13.7. The molecule has 0 atom stereocenters. The van der Waals surface area contributed by atoms with E-state index in [0.29, 0.717) is 16.1 Å². The van der Waals surface area contributed by atoms with Gasteiger partial charge in [0.05, 0.1) is 0 Å². The topological polar surface area (TPSA) is 68.0 Å². The molecule has 1 amide bonds. The second-order valence-corrected chi connectivity index (χ2v) is 6.24.